The zero-order chi connectivity index (χ0) is 23.1. The third-order valence-corrected chi connectivity index (χ3v) is 6.38. The molecule has 0 saturated carbocycles. The van der Waals surface area contributed by atoms with Crippen LogP contribution in [-0.4, -0.2) is 67.0 Å². The summed E-state index contributed by atoms with van der Waals surface area (Å²) in [5.74, 6) is 0.343. The Morgan fingerprint density at radius 3 is 2.61 bits per heavy atom. The molecule has 0 spiro atoms. The number of carbonyl (C=O) groups excluding carboxylic acids is 2. The van der Waals surface area contributed by atoms with E-state index in [0.29, 0.717) is 43.1 Å². The predicted octanol–water partition coefficient (Wildman–Crippen LogP) is 2.93. The molecule has 1 atom stereocenters. The molecular formula is C24H27FN6O2. The van der Waals surface area contributed by atoms with Gasteiger partial charge in [-0.15, -0.1) is 0 Å². The summed E-state index contributed by atoms with van der Waals surface area (Å²) in [5.41, 5.74) is 2.55. The van der Waals surface area contributed by atoms with E-state index >= 15 is 0 Å². The highest BCUT2D eigenvalue weighted by atomic mass is 19.1. The fourth-order valence-corrected chi connectivity index (χ4v) is 4.76. The molecule has 1 saturated heterocycles. The van der Waals surface area contributed by atoms with Crippen molar-refractivity contribution in [3.8, 4) is 0 Å². The van der Waals surface area contributed by atoms with Gasteiger partial charge in [-0.05, 0) is 36.8 Å². The van der Waals surface area contributed by atoms with E-state index in [2.05, 4.69) is 17.3 Å². The van der Waals surface area contributed by atoms with Gasteiger partial charge in [-0.25, -0.2) is 4.39 Å². The lowest BCUT2D eigenvalue weighted by Gasteiger charge is -2.37. The number of likely N-dealkylation sites (N-methyl/N-ethyl adjacent to an activating group) is 1. The van der Waals surface area contributed by atoms with Crippen molar-refractivity contribution in [2.45, 2.75) is 25.9 Å². The Labute approximate surface area is 192 Å². The Balaban J connectivity index is 1.33. The number of hydrazone groups is 1. The molecule has 0 aromatic heterocycles. The fourth-order valence-electron chi connectivity index (χ4n) is 4.76. The number of anilines is 3. The standard InChI is InChI=1S/C24H27FN6O2/c1-3-6-21-27-28(2)23-22(32)26-18-15-16(9-10-20(18)31(21)23)24(33)30-13-11-29(12-14-30)19-8-5-4-7-17(19)25/h4-5,7-10,15,23H,3,6,11-14H2,1-2H3,(H,26,32). The Hall–Kier alpha value is -3.62. The van der Waals surface area contributed by atoms with Crippen LogP contribution >= 0.6 is 0 Å². The van der Waals surface area contributed by atoms with E-state index in [0.717, 1.165) is 24.4 Å². The SMILES string of the molecule is CCCC1=NN(C)C2C(=O)Nc3cc(C(=O)N4CCN(c5ccccc5F)CC4)ccc3N12. The average Bonchev–Trinajstić information content (AvgIpc) is 3.15. The van der Waals surface area contributed by atoms with E-state index in [1.165, 1.54) is 6.07 Å². The van der Waals surface area contributed by atoms with Crippen LogP contribution in [0.2, 0.25) is 0 Å². The number of para-hydroxylation sites is 1. The van der Waals surface area contributed by atoms with E-state index in [1.54, 1.807) is 41.2 Å². The molecule has 3 aliphatic heterocycles. The largest absolute Gasteiger partial charge is 0.366 e. The minimum Gasteiger partial charge on any atom is -0.366 e. The summed E-state index contributed by atoms with van der Waals surface area (Å²) in [6, 6.07) is 12.1. The van der Waals surface area contributed by atoms with Gasteiger partial charge in [-0.1, -0.05) is 19.1 Å². The highest BCUT2D eigenvalue weighted by Gasteiger charge is 2.42. The van der Waals surface area contributed by atoms with Crippen LogP contribution < -0.4 is 15.1 Å². The van der Waals surface area contributed by atoms with Crippen molar-refractivity contribution in [2.24, 2.45) is 5.10 Å². The van der Waals surface area contributed by atoms with Gasteiger partial charge in [0, 0.05) is 45.2 Å². The number of nitrogens with zero attached hydrogens (tertiary/aromatic N) is 5. The summed E-state index contributed by atoms with van der Waals surface area (Å²) in [6.45, 7) is 4.21. The Kier molecular flexibility index (Phi) is 5.39. The van der Waals surface area contributed by atoms with Crippen molar-refractivity contribution < 1.29 is 14.0 Å². The average molecular weight is 451 g/mol. The van der Waals surface area contributed by atoms with Crippen LogP contribution in [0, 0.1) is 5.82 Å². The van der Waals surface area contributed by atoms with Crippen LogP contribution in [0.3, 0.4) is 0 Å². The van der Waals surface area contributed by atoms with Gasteiger partial charge < -0.3 is 15.1 Å². The lowest BCUT2D eigenvalue weighted by atomic mass is 10.1. The van der Waals surface area contributed by atoms with Gasteiger partial charge in [-0.2, -0.15) is 5.10 Å². The van der Waals surface area contributed by atoms with Crippen molar-refractivity contribution in [2.75, 3.05) is 48.3 Å². The Bertz CT molecular complexity index is 1130. The van der Waals surface area contributed by atoms with E-state index < -0.39 is 6.17 Å². The molecule has 0 aliphatic carbocycles. The maximum atomic E-state index is 14.1. The fraction of sp³-hybridized carbons (Fsp3) is 0.375. The minimum atomic E-state index is -0.507. The van der Waals surface area contributed by atoms with Crippen LogP contribution in [0.4, 0.5) is 21.5 Å². The molecule has 2 amide bonds. The second-order valence-electron chi connectivity index (χ2n) is 8.54. The van der Waals surface area contributed by atoms with Crippen LogP contribution in [-0.2, 0) is 4.79 Å². The van der Waals surface area contributed by atoms with Crippen LogP contribution in [0.1, 0.15) is 30.1 Å². The molecule has 172 valence electrons. The number of benzene rings is 2. The van der Waals surface area contributed by atoms with Gasteiger partial charge in [0.2, 0.25) is 6.17 Å². The number of piperazine rings is 1. The molecule has 2 aromatic carbocycles. The summed E-state index contributed by atoms with van der Waals surface area (Å²) in [7, 11) is 1.80. The van der Waals surface area contributed by atoms with Gasteiger partial charge in [0.1, 0.15) is 11.7 Å². The van der Waals surface area contributed by atoms with Crippen molar-refractivity contribution in [1.82, 2.24) is 9.91 Å². The lowest BCUT2D eigenvalue weighted by Crippen LogP contribution is -2.52. The van der Waals surface area contributed by atoms with E-state index in [9.17, 15) is 14.0 Å². The van der Waals surface area contributed by atoms with Crippen LogP contribution in [0.15, 0.2) is 47.6 Å². The van der Waals surface area contributed by atoms with Gasteiger partial charge in [0.05, 0.1) is 17.1 Å². The number of hydrogen-bond donors (Lipinski definition) is 1. The molecule has 5 rings (SSSR count). The first-order valence-electron chi connectivity index (χ1n) is 11.3. The summed E-state index contributed by atoms with van der Waals surface area (Å²) >= 11 is 0. The monoisotopic (exact) mass is 450 g/mol. The third kappa shape index (κ3) is 3.67. The molecule has 3 heterocycles. The maximum absolute atomic E-state index is 14.1. The molecule has 8 nitrogen and oxygen atoms in total. The Morgan fingerprint density at radius 1 is 1.12 bits per heavy atom. The van der Waals surface area contributed by atoms with Crippen molar-refractivity contribution in [3.63, 3.8) is 0 Å². The first-order valence-corrected chi connectivity index (χ1v) is 11.3. The van der Waals surface area contributed by atoms with E-state index in [4.69, 9.17) is 0 Å². The van der Waals surface area contributed by atoms with Crippen LogP contribution in [0.5, 0.6) is 0 Å². The number of halogens is 1. The third-order valence-electron chi connectivity index (χ3n) is 6.38. The molecule has 1 N–H and O–H groups in total. The highest BCUT2D eigenvalue weighted by molar-refractivity contribution is 6.15. The van der Waals surface area contributed by atoms with E-state index in [1.807, 2.05) is 21.9 Å². The van der Waals surface area contributed by atoms with Crippen molar-refractivity contribution in [3.05, 3.63) is 53.8 Å². The number of carbonyl (C=O) groups is 2. The second kappa shape index (κ2) is 8.38. The molecule has 1 unspecified atom stereocenters. The highest BCUT2D eigenvalue weighted by Crippen LogP contribution is 2.37. The molecular weight excluding hydrogens is 423 g/mol. The quantitative estimate of drug-likeness (QED) is 0.776. The topological polar surface area (TPSA) is 71.5 Å². The number of amides is 2. The van der Waals surface area contributed by atoms with Crippen molar-refractivity contribution in [1.29, 1.82) is 0 Å². The first-order chi connectivity index (χ1) is 16.0. The molecule has 1 fully saturated rings. The molecule has 0 radical (unpaired) electrons. The first kappa shape index (κ1) is 21.2. The lowest BCUT2D eigenvalue weighted by molar-refractivity contribution is -0.120. The van der Waals surface area contributed by atoms with Gasteiger partial charge in [0.15, 0.2) is 0 Å². The normalized spacial score (nSPS) is 19.8. The second-order valence-corrected chi connectivity index (χ2v) is 8.54. The van der Waals surface area contributed by atoms with Gasteiger partial charge in [-0.3, -0.25) is 19.5 Å². The number of hydrogen-bond acceptors (Lipinski definition) is 6. The number of nitrogens with one attached hydrogen (secondary N) is 1. The zero-order valence-corrected chi connectivity index (χ0v) is 18.8. The molecule has 9 heteroatoms. The molecule has 3 aliphatic rings. The van der Waals surface area contributed by atoms with Gasteiger partial charge >= 0.3 is 0 Å². The predicted molar refractivity (Wildman–Crippen MR) is 126 cm³/mol. The van der Waals surface area contributed by atoms with E-state index in [-0.39, 0.29) is 17.6 Å². The maximum Gasteiger partial charge on any atom is 0.269 e. The number of amidine groups is 1. The summed E-state index contributed by atoms with van der Waals surface area (Å²) < 4.78 is 14.1. The molecule has 33 heavy (non-hydrogen) atoms. The minimum absolute atomic E-state index is 0.0941. The van der Waals surface area contributed by atoms with Crippen molar-refractivity contribution >= 4 is 34.7 Å². The number of rotatable bonds is 4. The molecule has 0 bridgehead atoms. The molecule has 2 aromatic rings. The summed E-state index contributed by atoms with van der Waals surface area (Å²) in [5, 5.41) is 9.17. The van der Waals surface area contributed by atoms with Crippen LogP contribution in [0.25, 0.3) is 0 Å². The summed E-state index contributed by atoms with van der Waals surface area (Å²) in [4.78, 5) is 31.7. The Morgan fingerprint density at radius 2 is 1.88 bits per heavy atom. The smallest absolute Gasteiger partial charge is 0.269 e. The zero-order valence-electron chi connectivity index (χ0n) is 18.8. The summed E-state index contributed by atoms with van der Waals surface area (Å²) in [6.07, 6.45) is 1.18. The van der Waals surface area contributed by atoms with Gasteiger partial charge in [0.25, 0.3) is 11.8 Å². The number of fused-ring (bicyclic) bond motifs is 3.